The lowest BCUT2D eigenvalue weighted by Gasteiger charge is -2.29. The first-order valence-corrected chi connectivity index (χ1v) is 5.84. The minimum atomic E-state index is 0.171. The summed E-state index contributed by atoms with van der Waals surface area (Å²) in [7, 11) is 3.60. The molecule has 1 aromatic rings. The average Bonchev–Trinajstić information content (AvgIpc) is 2.32. The van der Waals surface area contributed by atoms with Gasteiger partial charge in [-0.1, -0.05) is 6.07 Å². The largest absolute Gasteiger partial charge is 0.496 e. The van der Waals surface area contributed by atoms with Gasteiger partial charge in [-0.25, -0.2) is 0 Å². The number of benzene rings is 1. The molecule has 17 heavy (non-hydrogen) atoms. The van der Waals surface area contributed by atoms with Crippen LogP contribution in [0.5, 0.6) is 11.5 Å². The van der Waals surface area contributed by atoms with Crippen LogP contribution in [0.4, 0.5) is 0 Å². The summed E-state index contributed by atoms with van der Waals surface area (Å²) in [4.78, 5) is 0. The average molecular weight is 237 g/mol. The Hall–Kier alpha value is -1.26. The van der Waals surface area contributed by atoms with Crippen LogP contribution in [0.3, 0.4) is 0 Å². The number of methoxy groups -OCH3 is 1. The summed E-state index contributed by atoms with van der Waals surface area (Å²) in [5.74, 6) is 1.73. The van der Waals surface area contributed by atoms with Crippen molar-refractivity contribution in [2.24, 2.45) is 0 Å². The van der Waals surface area contributed by atoms with Crippen LogP contribution in [-0.4, -0.2) is 33.5 Å². The van der Waals surface area contributed by atoms with Crippen molar-refractivity contribution in [1.29, 1.82) is 0 Å². The van der Waals surface area contributed by atoms with Crippen molar-refractivity contribution in [3.8, 4) is 11.5 Å². The van der Waals surface area contributed by atoms with Gasteiger partial charge in [0.15, 0.2) is 0 Å². The van der Waals surface area contributed by atoms with E-state index in [0.29, 0.717) is 13.2 Å². The molecule has 1 unspecified atom stereocenters. The van der Waals surface area contributed by atoms with Gasteiger partial charge in [0.25, 0.3) is 0 Å². The second-order valence-corrected chi connectivity index (χ2v) is 4.16. The van der Waals surface area contributed by atoms with Gasteiger partial charge in [-0.15, -0.1) is 0 Å². The molecule has 1 aromatic carbocycles. The van der Waals surface area contributed by atoms with Crippen molar-refractivity contribution in [2.45, 2.75) is 19.1 Å². The molecule has 1 aliphatic rings. The van der Waals surface area contributed by atoms with Crippen LogP contribution >= 0.6 is 0 Å². The highest BCUT2D eigenvalue weighted by Crippen LogP contribution is 2.34. The summed E-state index contributed by atoms with van der Waals surface area (Å²) in [6.07, 6.45) is 0.171. The van der Waals surface area contributed by atoms with E-state index in [1.54, 1.807) is 7.11 Å². The maximum Gasteiger partial charge on any atom is 0.145 e. The highest BCUT2D eigenvalue weighted by atomic mass is 16.6. The van der Waals surface area contributed by atoms with Gasteiger partial charge in [0.1, 0.15) is 17.6 Å². The zero-order valence-electron chi connectivity index (χ0n) is 10.5. The van der Waals surface area contributed by atoms with Gasteiger partial charge in [-0.3, -0.25) is 0 Å². The van der Waals surface area contributed by atoms with Crippen LogP contribution in [0.25, 0.3) is 0 Å². The number of ether oxygens (including phenoxy) is 3. The second kappa shape index (κ2) is 5.38. The zero-order valence-corrected chi connectivity index (χ0v) is 10.5. The maximum absolute atomic E-state index is 5.90. The molecular weight excluding hydrogens is 218 g/mol. The molecule has 0 bridgehead atoms. The Morgan fingerprint density at radius 1 is 1.35 bits per heavy atom. The lowest BCUT2D eigenvalue weighted by atomic mass is 10.1. The molecule has 1 saturated heterocycles. The molecule has 1 atom stereocenters. The monoisotopic (exact) mass is 237 g/mol. The Bertz CT molecular complexity index is 377. The van der Waals surface area contributed by atoms with E-state index < -0.39 is 0 Å². The van der Waals surface area contributed by atoms with E-state index in [1.165, 1.54) is 0 Å². The molecule has 4 heteroatoms. The van der Waals surface area contributed by atoms with Crippen molar-refractivity contribution in [2.75, 3.05) is 27.4 Å². The quantitative estimate of drug-likeness (QED) is 0.847. The van der Waals surface area contributed by atoms with E-state index in [0.717, 1.165) is 17.1 Å². The van der Waals surface area contributed by atoms with Crippen LogP contribution < -0.4 is 14.8 Å². The smallest absolute Gasteiger partial charge is 0.145 e. The summed E-state index contributed by atoms with van der Waals surface area (Å²) >= 11 is 0. The minimum Gasteiger partial charge on any atom is -0.496 e. The van der Waals surface area contributed by atoms with Gasteiger partial charge in [0.05, 0.1) is 25.9 Å². The summed E-state index contributed by atoms with van der Waals surface area (Å²) in [5, 5.41) is 3.21. The van der Waals surface area contributed by atoms with E-state index in [-0.39, 0.29) is 12.1 Å². The van der Waals surface area contributed by atoms with Crippen molar-refractivity contribution in [1.82, 2.24) is 5.32 Å². The topological polar surface area (TPSA) is 39.7 Å². The van der Waals surface area contributed by atoms with E-state index in [2.05, 4.69) is 12.2 Å². The Kier molecular flexibility index (Phi) is 3.86. The Morgan fingerprint density at radius 2 is 2.06 bits per heavy atom. The molecule has 94 valence electrons. The lowest BCUT2D eigenvalue weighted by Crippen LogP contribution is -2.39. The van der Waals surface area contributed by atoms with Crippen LogP contribution in [0.1, 0.15) is 18.5 Å². The number of hydrogen-bond acceptors (Lipinski definition) is 4. The van der Waals surface area contributed by atoms with Gasteiger partial charge >= 0.3 is 0 Å². The molecule has 1 N–H and O–H groups in total. The summed E-state index contributed by atoms with van der Waals surface area (Å²) in [6, 6.07) is 6.05. The van der Waals surface area contributed by atoms with E-state index in [1.807, 2.05) is 25.2 Å². The van der Waals surface area contributed by atoms with Crippen molar-refractivity contribution < 1.29 is 14.2 Å². The standard InChI is InChI=1S/C13H19NO3/c1-9(14-2)13-11(15-3)5-4-6-12(13)17-10-7-16-8-10/h4-6,9-10,14H,7-8H2,1-3H3. The van der Waals surface area contributed by atoms with Gasteiger partial charge in [-0.05, 0) is 26.1 Å². The second-order valence-electron chi connectivity index (χ2n) is 4.16. The third-order valence-corrected chi connectivity index (χ3v) is 3.01. The molecule has 0 amide bonds. The maximum atomic E-state index is 5.90. The van der Waals surface area contributed by atoms with Gasteiger partial charge in [0, 0.05) is 6.04 Å². The molecule has 2 rings (SSSR count). The minimum absolute atomic E-state index is 0.171. The van der Waals surface area contributed by atoms with Crippen molar-refractivity contribution in [3.05, 3.63) is 23.8 Å². The fourth-order valence-corrected chi connectivity index (χ4v) is 1.84. The van der Waals surface area contributed by atoms with Crippen LogP contribution in [0, 0.1) is 0 Å². The van der Waals surface area contributed by atoms with Gasteiger partial charge in [0.2, 0.25) is 0 Å². The number of nitrogens with one attached hydrogen (secondary N) is 1. The third-order valence-electron chi connectivity index (χ3n) is 3.01. The third kappa shape index (κ3) is 2.53. The first-order valence-electron chi connectivity index (χ1n) is 5.84. The van der Waals surface area contributed by atoms with Crippen molar-refractivity contribution >= 4 is 0 Å². The van der Waals surface area contributed by atoms with E-state index in [4.69, 9.17) is 14.2 Å². The van der Waals surface area contributed by atoms with Crippen LogP contribution in [0.15, 0.2) is 18.2 Å². The molecule has 4 nitrogen and oxygen atoms in total. The number of hydrogen-bond donors (Lipinski definition) is 1. The summed E-state index contributed by atoms with van der Waals surface area (Å²) in [5.41, 5.74) is 1.06. The molecular formula is C13H19NO3. The molecule has 0 saturated carbocycles. The fraction of sp³-hybridized carbons (Fsp3) is 0.538. The van der Waals surface area contributed by atoms with E-state index >= 15 is 0 Å². The summed E-state index contributed by atoms with van der Waals surface area (Å²) < 4.78 is 16.4. The predicted molar refractivity (Wildman–Crippen MR) is 65.7 cm³/mol. The Labute approximate surface area is 102 Å². The Balaban J connectivity index is 2.27. The molecule has 1 aliphatic heterocycles. The summed E-state index contributed by atoms with van der Waals surface area (Å²) in [6.45, 7) is 3.43. The lowest BCUT2D eigenvalue weighted by molar-refractivity contribution is -0.0801. The molecule has 1 fully saturated rings. The zero-order chi connectivity index (χ0) is 12.3. The molecule has 0 aliphatic carbocycles. The van der Waals surface area contributed by atoms with E-state index in [9.17, 15) is 0 Å². The van der Waals surface area contributed by atoms with Crippen LogP contribution in [-0.2, 0) is 4.74 Å². The number of rotatable bonds is 5. The van der Waals surface area contributed by atoms with Crippen LogP contribution in [0.2, 0.25) is 0 Å². The first kappa shape index (κ1) is 12.2. The van der Waals surface area contributed by atoms with Gasteiger partial charge < -0.3 is 19.5 Å². The molecule has 0 radical (unpaired) electrons. The molecule has 0 spiro atoms. The van der Waals surface area contributed by atoms with Gasteiger partial charge in [-0.2, -0.15) is 0 Å². The molecule has 1 heterocycles. The SMILES string of the molecule is CNC(C)c1c(OC)cccc1OC1COC1. The fourth-order valence-electron chi connectivity index (χ4n) is 1.84. The predicted octanol–water partition coefficient (Wildman–Crippen LogP) is 1.75. The normalized spacial score (nSPS) is 17.4. The first-order chi connectivity index (χ1) is 8.26. The van der Waals surface area contributed by atoms with Crippen molar-refractivity contribution in [3.63, 3.8) is 0 Å². The highest BCUT2D eigenvalue weighted by Gasteiger charge is 2.23. The molecule has 0 aromatic heterocycles. The highest BCUT2D eigenvalue weighted by molar-refractivity contribution is 5.46. The Morgan fingerprint density at radius 3 is 2.59 bits per heavy atom.